The van der Waals surface area contributed by atoms with Gasteiger partial charge in [-0.1, -0.05) is 36.7 Å². The fraction of sp³-hybridized carbons (Fsp3) is 0.316. The number of hydrogen-bond acceptors (Lipinski definition) is 1. The second-order valence-corrected chi connectivity index (χ2v) is 6.91. The van der Waals surface area contributed by atoms with Crippen LogP contribution < -0.4 is 10.6 Å². The summed E-state index contributed by atoms with van der Waals surface area (Å²) in [5.41, 5.74) is 2.79. The third-order valence-electron chi connectivity index (χ3n) is 4.18. The number of hydrogen-bond donors (Lipinski definition) is 2. The molecule has 0 fully saturated rings. The summed E-state index contributed by atoms with van der Waals surface area (Å²) in [7, 11) is 0. The third kappa shape index (κ3) is 5.11. The molecule has 7 heteroatoms. The SMILES string of the molecule is CC[C@@H](NC(=S)Nc1ccc(Cl)c(C(F)(F)F)c1)c1ccc(C)c(C)c1. The molecule has 0 heterocycles. The van der Waals surface area contributed by atoms with Crippen LogP contribution in [0.5, 0.6) is 0 Å². The van der Waals surface area contributed by atoms with Crippen LogP contribution in [-0.4, -0.2) is 5.11 Å². The van der Waals surface area contributed by atoms with E-state index in [4.69, 9.17) is 23.8 Å². The van der Waals surface area contributed by atoms with Crippen LogP contribution in [0.25, 0.3) is 0 Å². The standard InChI is InChI=1S/C19H20ClF3N2S/c1-4-17(13-6-5-11(2)12(3)9-13)25-18(26)24-14-7-8-16(20)15(10-14)19(21,22)23/h5-10,17H,4H2,1-3H3,(H2,24,25,26)/t17-/m1/s1. The van der Waals surface area contributed by atoms with E-state index in [1.165, 1.54) is 23.3 Å². The summed E-state index contributed by atoms with van der Waals surface area (Å²) in [6.45, 7) is 6.09. The first-order valence-corrected chi connectivity index (χ1v) is 8.92. The second kappa shape index (κ2) is 8.27. The monoisotopic (exact) mass is 400 g/mol. The molecule has 140 valence electrons. The summed E-state index contributed by atoms with van der Waals surface area (Å²) in [5.74, 6) is 0. The van der Waals surface area contributed by atoms with Crippen LogP contribution in [0, 0.1) is 13.8 Å². The van der Waals surface area contributed by atoms with Gasteiger partial charge < -0.3 is 10.6 Å². The van der Waals surface area contributed by atoms with Crippen molar-refractivity contribution < 1.29 is 13.2 Å². The van der Waals surface area contributed by atoms with Crippen molar-refractivity contribution in [3.05, 3.63) is 63.7 Å². The van der Waals surface area contributed by atoms with Crippen molar-refractivity contribution in [2.45, 2.75) is 39.4 Å². The number of anilines is 1. The molecule has 2 aromatic carbocycles. The van der Waals surface area contributed by atoms with Crippen LogP contribution in [0.3, 0.4) is 0 Å². The van der Waals surface area contributed by atoms with Crippen LogP contribution >= 0.6 is 23.8 Å². The molecule has 0 radical (unpaired) electrons. The summed E-state index contributed by atoms with van der Waals surface area (Å²) >= 11 is 10.9. The molecule has 0 saturated carbocycles. The summed E-state index contributed by atoms with van der Waals surface area (Å²) in [5, 5.41) is 5.87. The van der Waals surface area contributed by atoms with Gasteiger partial charge >= 0.3 is 6.18 Å². The quantitative estimate of drug-likeness (QED) is 0.579. The van der Waals surface area contributed by atoms with Crippen molar-refractivity contribution in [1.29, 1.82) is 0 Å². The lowest BCUT2D eigenvalue weighted by atomic mass is 9.99. The fourth-order valence-corrected chi connectivity index (χ4v) is 3.03. The zero-order valence-electron chi connectivity index (χ0n) is 14.7. The summed E-state index contributed by atoms with van der Waals surface area (Å²) < 4.78 is 38.9. The number of nitrogens with one attached hydrogen (secondary N) is 2. The van der Waals surface area contributed by atoms with Gasteiger partial charge in [-0.3, -0.25) is 0 Å². The Balaban J connectivity index is 2.13. The molecule has 2 nitrogen and oxygen atoms in total. The second-order valence-electron chi connectivity index (χ2n) is 6.10. The van der Waals surface area contributed by atoms with Crippen molar-refractivity contribution in [1.82, 2.24) is 5.32 Å². The molecule has 0 unspecified atom stereocenters. The number of aryl methyl sites for hydroxylation is 2. The molecule has 0 aliphatic heterocycles. The molecule has 0 amide bonds. The molecular weight excluding hydrogens is 381 g/mol. The summed E-state index contributed by atoms with van der Waals surface area (Å²) in [4.78, 5) is 0. The Bertz CT molecular complexity index is 806. The van der Waals surface area contributed by atoms with Crippen LogP contribution in [0.15, 0.2) is 36.4 Å². The summed E-state index contributed by atoms with van der Waals surface area (Å²) in [6.07, 6.45) is -3.74. The highest BCUT2D eigenvalue weighted by molar-refractivity contribution is 7.80. The first-order chi connectivity index (χ1) is 12.1. The van der Waals surface area contributed by atoms with Gasteiger partial charge in [0.15, 0.2) is 5.11 Å². The van der Waals surface area contributed by atoms with Crippen molar-refractivity contribution in [3.8, 4) is 0 Å². The molecule has 2 aromatic rings. The van der Waals surface area contributed by atoms with Gasteiger partial charge in [0, 0.05) is 5.69 Å². The maximum absolute atomic E-state index is 13.0. The lowest BCUT2D eigenvalue weighted by Gasteiger charge is -2.21. The first kappa shape index (κ1) is 20.5. The molecule has 2 rings (SSSR count). The van der Waals surface area contributed by atoms with E-state index in [0.29, 0.717) is 0 Å². The van der Waals surface area contributed by atoms with E-state index in [0.717, 1.165) is 18.1 Å². The molecule has 2 N–H and O–H groups in total. The highest BCUT2D eigenvalue weighted by atomic mass is 35.5. The number of benzene rings is 2. The summed E-state index contributed by atoms with van der Waals surface area (Å²) in [6, 6.07) is 9.73. The Hall–Kier alpha value is -1.79. The molecule has 26 heavy (non-hydrogen) atoms. The van der Waals surface area contributed by atoms with Gasteiger partial charge in [0.1, 0.15) is 0 Å². The predicted octanol–water partition coefficient (Wildman–Crippen LogP) is 6.41. The lowest BCUT2D eigenvalue weighted by Crippen LogP contribution is -2.32. The van der Waals surface area contributed by atoms with Crippen LogP contribution in [-0.2, 0) is 6.18 Å². The zero-order chi connectivity index (χ0) is 19.5. The number of alkyl halides is 3. The molecular formula is C19H20ClF3N2S. The number of halogens is 4. The van der Waals surface area contributed by atoms with E-state index in [1.807, 2.05) is 32.9 Å². The zero-order valence-corrected chi connectivity index (χ0v) is 16.2. The minimum Gasteiger partial charge on any atom is -0.356 e. The highest BCUT2D eigenvalue weighted by Gasteiger charge is 2.33. The van der Waals surface area contributed by atoms with E-state index in [2.05, 4.69) is 16.7 Å². The number of rotatable bonds is 4. The van der Waals surface area contributed by atoms with Crippen LogP contribution in [0.1, 0.15) is 41.6 Å². The maximum atomic E-state index is 13.0. The highest BCUT2D eigenvalue weighted by Crippen LogP contribution is 2.36. The van der Waals surface area contributed by atoms with Gasteiger partial charge in [-0.05, 0) is 67.4 Å². The average molecular weight is 401 g/mol. The van der Waals surface area contributed by atoms with Crippen molar-refractivity contribution in [2.24, 2.45) is 0 Å². The lowest BCUT2D eigenvalue weighted by molar-refractivity contribution is -0.137. The van der Waals surface area contributed by atoms with Gasteiger partial charge in [0.05, 0.1) is 16.6 Å². The van der Waals surface area contributed by atoms with E-state index < -0.39 is 11.7 Å². The van der Waals surface area contributed by atoms with Gasteiger partial charge in [0.2, 0.25) is 0 Å². The van der Waals surface area contributed by atoms with Crippen molar-refractivity contribution in [3.63, 3.8) is 0 Å². The average Bonchev–Trinajstić information content (AvgIpc) is 2.56. The molecule has 0 spiro atoms. The van der Waals surface area contributed by atoms with Crippen LogP contribution in [0.4, 0.5) is 18.9 Å². The molecule has 0 saturated heterocycles. The topological polar surface area (TPSA) is 24.1 Å². The Morgan fingerprint density at radius 2 is 1.81 bits per heavy atom. The Morgan fingerprint density at radius 3 is 2.38 bits per heavy atom. The molecule has 0 bridgehead atoms. The molecule has 0 aliphatic carbocycles. The van der Waals surface area contributed by atoms with Gasteiger partial charge in [-0.15, -0.1) is 0 Å². The van der Waals surface area contributed by atoms with E-state index in [9.17, 15) is 13.2 Å². The third-order valence-corrected chi connectivity index (χ3v) is 4.73. The normalized spacial score (nSPS) is 12.6. The number of thiocarbonyl (C=S) groups is 1. The van der Waals surface area contributed by atoms with Crippen molar-refractivity contribution in [2.75, 3.05) is 5.32 Å². The Kier molecular flexibility index (Phi) is 6.53. The molecule has 0 aliphatic rings. The van der Waals surface area contributed by atoms with Gasteiger partial charge in [0.25, 0.3) is 0 Å². The Morgan fingerprint density at radius 1 is 1.12 bits per heavy atom. The van der Waals surface area contributed by atoms with E-state index >= 15 is 0 Å². The van der Waals surface area contributed by atoms with Crippen LogP contribution in [0.2, 0.25) is 5.02 Å². The minimum atomic E-state index is -4.52. The molecule has 1 atom stereocenters. The predicted molar refractivity (Wildman–Crippen MR) is 105 cm³/mol. The van der Waals surface area contributed by atoms with Gasteiger partial charge in [-0.2, -0.15) is 13.2 Å². The van der Waals surface area contributed by atoms with E-state index in [1.54, 1.807) is 0 Å². The smallest absolute Gasteiger partial charge is 0.356 e. The molecule has 0 aromatic heterocycles. The van der Waals surface area contributed by atoms with Crippen molar-refractivity contribution >= 4 is 34.6 Å². The first-order valence-electron chi connectivity index (χ1n) is 8.13. The van der Waals surface area contributed by atoms with E-state index in [-0.39, 0.29) is 21.9 Å². The maximum Gasteiger partial charge on any atom is 0.417 e. The van der Waals surface area contributed by atoms with Gasteiger partial charge in [-0.25, -0.2) is 0 Å². The fourth-order valence-electron chi connectivity index (χ4n) is 2.55. The Labute approximate surface area is 161 Å². The minimum absolute atomic E-state index is 0.0383. The largest absolute Gasteiger partial charge is 0.417 e.